The van der Waals surface area contributed by atoms with E-state index in [1.807, 2.05) is 0 Å². The first-order chi connectivity index (χ1) is 6.29. The fourth-order valence-corrected chi connectivity index (χ4v) is 1.08. The quantitative estimate of drug-likeness (QED) is 0.629. The number of alkyl halides is 3. The van der Waals surface area contributed by atoms with Crippen molar-refractivity contribution in [3.8, 4) is 0 Å². The van der Waals surface area contributed by atoms with Crippen LogP contribution in [0.2, 0.25) is 0 Å². The number of rotatable bonds is 1. The van der Waals surface area contributed by atoms with Gasteiger partial charge in [0.15, 0.2) is 0 Å². The molecule has 1 unspecified atom stereocenters. The van der Waals surface area contributed by atoms with Gasteiger partial charge in [0.25, 0.3) is 0 Å². The van der Waals surface area contributed by atoms with Gasteiger partial charge in [0.2, 0.25) is 5.91 Å². The third-order valence-electron chi connectivity index (χ3n) is 1.65. The number of hydrogen-bond donors (Lipinski definition) is 2. The van der Waals surface area contributed by atoms with Gasteiger partial charge in [0, 0.05) is 0 Å². The molecule has 1 aliphatic heterocycles. The second kappa shape index (κ2) is 3.45. The molecule has 0 aromatic rings. The van der Waals surface area contributed by atoms with Crippen LogP contribution in [-0.2, 0) is 4.79 Å². The van der Waals surface area contributed by atoms with Gasteiger partial charge in [-0.15, -0.1) is 0 Å². The van der Waals surface area contributed by atoms with Crippen LogP contribution in [0, 0.1) is 0 Å². The lowest BCUT2D eigenvalue weighted by atomic mass is 10.2. The molecular weight excluding hydrogens is 203 g/mol. The number of amides is 3. The smallest absolute Gasteiger partial charge is 0.311 e. The topological polar surface area (TPSA) is 75.4 Å². The van der Waals surface area contributed by atoms with E-state index >= 15 is 0 Å². The van der Waals surface area contributed by atoms with Crippen molar-refractivity contribution < 1.29 is 22.8 Å². The molecule has 0 radical (unpaired) electrons. The molecule has 0 aliphatic carbocycles. The number of nitrogens with one attached hydrogen (secondary N) is 1. The van der Waals surface area contributed by atoms with Crippen LogP contribution < -0.4 is 11.1 Å². The molecule has 1 heterocycles. The number of carbonyl (C=O) groups excluding carboxylic acids is 2. The molecule has 8 heteroatoms. The van der Waals surface area contributed by atoms with E-state index in [1.165, 1.54) is 0 Å². The van der Waals surface area contributed by atoms with Crippen LogP contribution in [0.25, 0.3) is 0 Å². The molecule has 1 rings (SSSR count). The van der Waals surface area contributed by atoms with E-state index in [-0.39, 0.29) is 6.42 Å². The van der Waals surface area contributed by atoms with Crippen molar-refractivity contribution >= 4 is 11.9 Å². The lowest BCUT2D eigenvalue weighted by molar-refractivity contribution is -0.148. The Kier molecular flexibility index (Phi) is 2.65. The molecule has 0 aromatic carbocycles. The average Bonchev–Trinajstić information content (AvgIpc) is 1.95. The summed E-state index contributed by atoms with van der Waals surface area (Å²) in [5.41, 5.74) is 5.21. The van der Waals surface area contributed by atoms with Crippen LogP contribution in [0.3, 0.4) is 0 Å². The third kappa shape index (κ3) is 2.59. The van der Waals surface area contributed by atoms with Gasteiger partial charge in [-0.05, 0) is 0 Å². The summed E-state index contributed by atoms with van der Waals surface area (Å²) in [4.78, 5) is 22.0. The molecule has 3 N–H and O–H groups in total. The number of urea groups is 1. The highest BCUT2D eigenvalue weighted by Crippen LogP contribution is 2.19. The molecule has 1 atom stereocenters. The summed E-state index contributed by atoms with van der Waals surface area (Å²) in [7, 11) is 0. The normalized spacial score (nSPS) is 23.7. The predicted molar refractivity (Wildman–Crippen MR) is 38.9 cm³/mol. The zero-order valence-electron chi connectivity index (χ0n) is 6.97. The first-order valence-electron chi connectivity index (χ1n) is 3.72. The standard InChI is InChI=1S/C6H8F3N3O2/c7-6(8,9)2-12-3(10)1-4(13)11-5(12)14/h3H,1-2,10H2,(H,11,13,14). The molecule has 1 fully saturated rings. The van der Waals surface area contributed by atoms with Crippen molar-refractivity contribution in [1.82, 2.24) is 10.2 Å². The number of hydrogen-bond acceptors (Lipinski definition) is 3. The highest BCUT2D eigenvalue weighted by molar-refractivity contribution is 5.97. The van der Waals surface area contributed by atoms with Gasteiger partial charge in [-0.2, -0.15) is 13.2 Å². The number of carbonyl (C=O) groups is 2. The first kappa shape index (κ1) is 10.8. The zero-order valence-corrected chi connectivity index (χ0v) is 6.97. The number of nitrogens with two attached hydrogens (primary N) is 1. The summed E-state index contributed by atoms with van der Waals surface area (Å²) < 4.78 is 35.8. The molecule has 80 valence electrons. The maximum atomic E-state index is 11.9. The molecule has 0 spiro atoms. The maximum Gasteiger partial charge on any atom is 0.406 e. The van der Waals surface area contributed by atoms with E-state index in [0.29, 0.717) is 4.90 Å². The number of imide groups is 1. The molecular formula is C6H8F3N3O2. The van der Waals surface area contributed by atoms with Crippen molar-refractivity contribution in [3.63, 3.8) is 0 Å². The summed E-state index contributed by atoms with van der Waals surface area (Å²) in [5.74, 6) is -0.666. The summed E-state index contributed by atoms with van der Waals surface area (Å²) >= 11 is 0. The van der Waals surface area contributed by atoms with Gasteiger partial charge in [-0.1, -0.05) is 0 Å². The minimum Gasteiger partial charge on any atom is -0.311 e. The lowest BCUT2D eigenvalue weighted by Crippen LogP contribution is -2.60. The number of halogens is 3. The van der Waals surface area contributed by atoms with Gasteiger partial charge < -0.3 is 5.73 Å². The lowest BCUT2D eigenvalue weighted by Gasteiger charge is -2.32. The SMILES string of the molecule is NC1CC(=O)NC(=O)N1CC(F)(F)F. The van der Waals surface area contributed by atoms with E-state index in [9.17, 15) is 22.8 Å². The molecule has 1 saturated heterocycles. The Hall–Kier alpha value is -1.31. The van der Waals surface area contributed by atoms with Gasteiger partial charge >= 0.3 is 12.2 Å². The Bertz CT molecular complexity index is 266. The number of nitrogens with zero attached hydrogens (tertiary/aromatic N) is 1. The molecule has 0 aromatic heterocycles. The van der Waals surface area contributed by atoms with Crippen LogP contribution >= 0.6 is 0 Å². The molecule has 0 saturated carbocycles. The van der Waals surface area contributed by atoms with Crippen LogP contribution in [0.1, 0.15) is 6.42 Å². The summed E-state index contributed by atoms with van der Waals surface area (Å²) in [6.07, 6.45) is -6.05. The van der Waals surface area contributed by atoms with Gasteiger partial charge in [0.05, 0.1) is 12.6 Å². The largest absolute Gasteiger partial charge is 0.406 e. The second-order valence-corrected chi connectivity index (χ2v) is 2.87. The van der Waals surface area contributed by atoms with E-state index in [2.05, 4.69) is 0 Å². The van der Waals surface area contributed by atoms with Gasteiger partial charge in [0.1, 0.15) is 6.54 Å². The fraction of sp³-hybridized carbons (Fsp3) is 0.667. The van der Waals surface area contributed by atoms with Crippen molar-refractivity contribution in [3.05, 3.63) is 0 Å². The van der Waals surface area contributed by atoms with Crippen molar-refractivity contribution in [2.24, 2.45) is 5.73 Å². The third-order valence-corrected chi connectivity index (χ3v) is 1.65. The van der Waals surface area contributed by atoms with Gasteiger partial charge in [-0.3, -0.25) is 15.0 Å². The fourth-order valence-electron chi connectivity index (χ4n) is 1.08. The Morgan fingerprint density at radius 1 is 1.50 bits per heavy atom. The molecule has 3 amide bonds. The van der Waals surface area contributed by atoms with Crippen molar-refractivity contribution in [2.45, 2.75) is 18.8 Å². The Balaban J connectivity index is 2.68. The predicted octanol–water partition coefficient (Wildman–Crippen LogP) is -0.225. The molecule has 14 heavy (non-hydrogen) atoms. The second-order valence-electron chi connectivity index (χ2n) is 2.87. The molecule has 5 nitrogen and oxygen atoms in total. The Morgan fingerprint density at radius 2 is 2.07 bits per heavy atom. The average molecular weight is 211 g/mol. The Morgan fingerprint density at radius 3 is 2.50 bits per heavy atom. The van der Waals surface area contributed by atoms with Crippen LogP contribution in [0.15, 0.2) is 0 Å². The molecule has 1 aliphatic rings. The van der Waals surface area contributed by atoms with Crippen LogP contribution in [-0.4, -0.2) is 35.7 Å². The minimum atomic E-state index is -4.52. The zero-order chi connectivity index (χ0) is 10.9. The Labute approximate surface area is 77.0 Å². The van der Waals surface area contributed by atoms with E-state index < -0.39 is 30.8 Å². The maximum absolute atomic E-state index is 11.9. The highest BCUT2D eigenvalue weighted by Gasteiger charge is 2.38. The monoisotopic (exact) mass is 211 g/mol. The summed E-state index contributed by atoms with van der Waals surface area (Å²) in [6, 6.07) is -1.11. The summed E-state index contributed by atoms with van der Waals surface area (Å²) in [5, 5.41) is 1.75. The summed E-state index contributed by atoms with van der Waals surface area (Å²) in [6.45, 7) is -1.45. The van der Waals surface area contributed by atoms with E-state index in [4.69, 9.17) is 5.73 Å². The van der Waals surface area contributed by atoms with Crippen molar-refractivity contribution in [1.29, 1.82) is 0 Å². The minimum absolute atomic E-state index is 0.318. The highest BCUT2D eigenvalue weighted by atomic mass is 19.4. The van der Waals surface area contributed by atoms with E-state index in [0.717, 1.165) is 0 Å². The van der Waals surface area contributed by atoms with Crippen molar-refractivity contribution in [2.75, 3.05) is 6.54 Å². The van der Waals surface area contributed by atoms with Gasteiger partial charge in [-0.25, -0.2) is 4.79 Å². The molecule has 0 bridgehead atoms. The van der Waals surface area contributed by atoms with E-state index in [1.54, 1.807) is 5.32 Å². The van der Waals surface area contributed by atoms with Crippen LogP contribution in [0.5, 0.6) is 0 Å². The first-order valence-corrected chi connectivity index (χ1v) is 3.72. The van der Waals surface area contributed by atoms with Crippen LogP contribution in [0.4, 0.5) is 18.0 Å².